The number of aromatic carboxylic acids is 1. The topological polar surface area (TPSA) is 96.8 Å². The molecule has 0 bridgehead atoms. The molecule has 0 aromatic carbocycles. The maximum absolute atomic E-state index is 12.5. The van der Waals surface area contributed by atoms with Crippen molar-refractivity contribution in [3.05, 3.63) is 29.1 Å². The first kappa shape index (κ1) is 16.4. The number of carboxylic acids is 1. The quantitative estimate of drug-likeness (QED) is 0.855. The van der Waals surface area contributed by atoms with E-state index in [0.717, 1.165) is 18.6 Å². The van der Waals surface area contributed by atoms with E-state index in [9.17, 15) is 13.2 Å². The van der Waals surface area contributed by atoms with Gasteiger partial charge in [-0.1, -0.05) is 0 Å². The monoisotopic (exact) mass is 340 g/mol. The minimum absolute atomic E-state index is 0.129. The molecule has 1 N–H and O–H groups in total. The van der Waals surface area contributed by atoms with Crippen LogP contribution in [0, 0.1) is 5.92 Å². The average Bonchev–Trinajstić information content (AvgIpc) is 3.05. The van der Waals surface area contributed by atoms with Gasteiger partial charge in [-0.2, -0.15) is 4.31 Å². The van der Waals surface area contributed by atoms with E-state index in [4.69, 9.17) is 9.84 Å². The standard InChI is InChI=1S/C15H20N2O5S/c18-15(19)13-7-12-1-4-17(9-14(12)16-8-13)23(20,21)6-3-11-2-5-22-10-11/h7-8,11H,1-6,9-10H2,(H,18,19). The molecule has 1 atom stereocenters. The largest absolute Gasteiger partial charge is 0.478 e. The van der Waals surface area contributed by atoms with Crippen molar-refractivity contribution in [1.82, 2.24) is 9.29 Å². The van der Waals surface area contributed by atoms with Crippen LogP contribution in [0.25, 0.3) is 0 Å². The van der Waals surface area contributed by atoms with Crippen LogP contribution in [-0.4, -0.2) is 54.3 Å². The molecule has 0 spiro atoms. The summed E-state index contributed by atoms with van der Waals surface area (Å²) >= 11 is 0. The molecule has 0 radical (unpaired) electrons. The number of pyridine rings is 1. The van der Waals surface area contributed by atoms with Crippen molar-refractivity contribution in [2.45, 2.75) is 25.8 Å². The number of hydrogen-bond acceptors (Lipinski definition) is 5. The lowest BCUT2D eigenvalue weighted by molar-refractivity contribution is 0.0696. The van der Waals surface area contributed by atoms with Crippen LogP contribution in [0.5, 0.6) is 0 Å². The van der Waals surface area contributed by atoms with Crippen LogP contribution in [0.1, 0.15) is 34.5 Å². The lowest BCUT2D eigenvalue weighted by Crippen LogP contribution is -2.38. The van der Waals surface area contributed by atoms with Crippen molar-refractivity contribution in [3.8, 4) is 0 Å². The third-order valence-electron chi connectivity index (χ3n) is 4.46. The summed E-state index contributed by atoms with van der Waals surface area (Å²) in [5, 5.41) is 8.98. The molecule has 0 amide bonds. The summed E-state index contributed by atoms with van der Waals surface area (Å²) in [5.74, 6) is -0.559. The Bertz CT molecular complexity index is 698. The Kier molecular flexibility index (Phi) is 4.65. The first-order valence-corrected chi connectivity index (χ1v) is 9.33. The third-order valence-corrected chi connectivity index (χ3v) is 6.31. The predicted molar refractivity (Wildman–Crippen MR) is 82.6 cm³/mol. The van der Waals surface area contributed by atoms with Crippen molar-refractivity contribution < 1.29 is 23.1 Å². The van der Waals surface area contributed by atoms with Gasteiger partial charge in [-0.3, -0.25) is 4.98 Å². The molecule has 0 aliphatic carbocycles. The molecule has 1 unspecified atom stereocenters. The number of sulfonamides is 1. The predicted octanol–water partition coefficient (Wildman–Crippen LogP) is 0.894. The second kappa shape index (κ2) is 6.54. The highest BCUT2D eigenvalue weighted by Gasteiger charge is 2.29. The molecular weight excluding hydrogens is 320 g/mol. The maximum atomic E-state index is 12.5. The van der Waals surface area contributed by atoms with Crippen molar-refractivity contribution >= 4 is 16.0 Å². The van der Waals surface area contributed by atoms with Gasteiger partial charge in [0.25, 0.3) is 0 Å². The first-order valence-electron chi connectivity index (χ1n) is 7.72. The van der Waals surface area contributed by atoms with Gasteiger partial charge < -0.3 is 9.84 Å². The summed E-state index contributed by atoms with van der Waals surface area (Å²) in [5.41, 5.74) is 1.61. The molecule has 126 valence electrons. The summed E-state index contributed by atoms with van der Waals surface area (Å²) in [6, 6.07) is 1.59. The van der Waals surface area contributed by atoms with E-state index >= 15 is 0 Å². The lowest BCUT2D eigenvalue weighted by atomic mass is 10.0. The lowest BCUT2D eigenvalue weighted by Gasteiger charge is -2.27. The smallest absolute Gasteiger partial charge is 0.337 e. The molecule has 3 heterocycles. The zero-order valence-electron chi connectivity index (χ0n) is 12.8. The number of carbonyl (C=O) groups is 1. The molecular formula is C15H20N2O5S. The van der Waals surface area contributed by atoms with Gasteiger partial charge in [-0.05, 0) is 36.8 Å². The van der Waals surface area contributed by atoms with Crippen molar-refractivity contribution in [2.24, 2.45) is 5.92 Å². The van der Waals surface area contributed by atoms with Crippen LogP contribution < -0.4 is 0 Å². The number of carboxylic acid groups (broad SMARTS) is 1. The van der Waals surface area contributed by atoms with Crippen LogP contribution in [-0.2, 0) is 27.7 Å². The van der Waals surface area contributed by atoms with Crippen LogP contribution in [0.2, 0.25) is 0 Å². The number of fused-ring (bicyclic) bond motifs is 1. The van der Waals surface area contributed by atoms with Gasteiger partial charge in [-0.25, -0.2) is 13.2 Å². The molecule has 2 aliphatic rings. The van der Waals surface area contributed by atoms with Gasteiger partial charge >= 0.3 is 5.97 Å². The number of nitrogens with zero attached hydrogens (tertiary/aromatic N) is 2. The van der Waals surface area contributed by atoms with Crippen molar-refractivity contribution in [3.63, 3.8) is 0 Å². The molecule has 3 rings (SSSR count). The van der Waals surface area contributed by atoms with Gasteiger partial charge in [0.2, 0.25) is 10.0 Å². The van der Waals surface area contributed by atoms with Crippen LogP contribution in [0.15, 0.2) is 12.3 Å². The van der Waals surface area contributed by atoms with Crippen LogP contribution in [0.3, 0.4) is 0 Å². The Labute approximate surface area is 135 Å². The van der Waals surface area contributed by atoms with Crippen molar-refractivity contribution in [1.29, 1.82) is 0 Å². The van der Waals surface area contributed by atoms with E-state index in [1.54, 1.807) is 6.07 Å². The Balaban J connectivity index is 1.67. The van der Waals surface area contributed by atoms with Gasteiger partial charge in [0.05, 0.1) is 23.6 Å². The summed E-state index contributed by atoms with van der Waals surface area (Å²) in [7, 11) is -3.32. The van der Waals surface area contributed by atoms with E-state index in [1.165, 1.54) is 10.5 Å². The van der Waals surface area contributed by atoms with E-state index in [-0.39, 0.29) is 17.9 Å². The SMILES string of the molecule is O=C(O)c1cnc2c(c1)CCN(S(=O)(=O)CCC1CCOC1)C2. The number of ether oxygens (including phenoxy) is 1. The molecule has 23 heavy (non-hydrogen) atoms. The second-order valence-electron chi connectivity index (χ2n) is 6.05. The maximum Gasteiger partial charge on any atom is 0.337 e. The fourth-order valence-electron chi connectivity index (χ4n) is 3.00. The number of hydrogen-bond donors (Lipinski definition) is 1. The second-order valence-corrected chi connectivity index (χ2v) is 8.14. The van der Waals surface area contributed by atoms with Gasteiger partial charge in [0.1, 0.15) is 0 Å². The minimum Gasteiger partial charge on any atom is -0.478 e. The van der Waals surface area contributed by atoms with Crippen LogP contribution >= 0.6 is 0 Å². The van der Waals surface area contributed by atoms with E-state index < -0.39 is 16.0 Å². The summed E-state index contributed by atoms with van der Waals surface area (Å²) in [6.07, 6.45) is 3.33. The highest BCUT2D eigenvalue weighted by atomic mass is 32.2. The van der Waals surface area contributed by atoms with E-state index in [0.29, 0.717) is 37.6 Å². The van der Waals surface area contributed by atoms with Crippen molar-refractivity contribution in [2.75, 3.05) is 25.5 Å². The molecule has 8 heteroatoms. The van der Waals surface area contributed by atoms with Gasteiger partial charge in [0, 0.05) is 26.0 Å². The zero-order chi connectivity index (χ0) is 16.4. The Morgan fingerprint density at radius 3 is 3.00 bits per heavy atom. The normalized spacial score (nSPS) is 22.0. The summed E-state index contributed by atoms with van der Waals surface area (Å²) in [4.78, 5) is 15.1. The first-order chi connectivity index (χ1) is 11.0. The van der Waals surface area contributed by atoms with E-state index in [1.807, 2.05) is 0 Å². The molecule has 1 saturated heterocycles. The molecule has 7 nitrogen and oxygen atoms in total. The van der Waals surface area contributed by atoms with Gasteiger partial charge in [0.15, 0.2) is 0 Å². The average molecular weight is 340 g/mol. The highest BCUT2D eigenvalue weighted by molar-refractivity contribution is 7.89. The third kappa shape index (κ3) is 3.70. The highest BCUT2D eigenvalue weighted by Crippen LogP contribution is 2.23. The molecule has 1 aromatic rings. The fourth-order valence-corrected chi connectivity index (χ4v) is 4.58. The fraction of sp³-hybridized carbons (Fsp3) is 0.600. The number of aromatic nitrogens is 1. The van der Waals surface area contributed by atoms with Crippen LogP contribution in [0.4, 0.5) is 0 Å². The number of rotatable bonds is 5. The molecule has 0 saturated carbocycles. The zero-order valence-corrected chi connectivity index (χ0v) is 13.6. The Hall–Kier alpha value is -1.51. The van der Waals surface area contributed by atoms with Gasteiger partial charge in [-0.15, -0.1) is 0 Å². The molecule has 1 fully saturated rings. The molecule has 2 aliphatic heterocycles. The molecule has 1 aromatic heterocycles. The summed E-state index contributed by atoms with van der Waals surface area (Å²) in [6.45, 7) is 1.97. The Morgan fingerprint density at radius 1 is 1.48 bits per heavy atom. The minimum atomic E-state index is -3.32. The summed E-state index contributed by atoms with van der Waals surface area (Å²) < 4.78 is 31.7. The van der Waals surface area contributed by atoms with E-state index in [2.05, 4.69) is 4.98 Å². The Morgan fingerprint density at radius 2 is 2.30 bits per heavy atom.